The summed E-state index contributed by atoms with van der Waals surface area (Å²) < 4.78 is 22.6. The van der Waals surface area contributed by atoms with E-state index in [4.69, 9.17) is 46.4 Å². The van der Waals surface area contributed by atoms with Gasteiger partial charge in [-0.05, 0) is 20.0 Å². The van der Waals surface area contributed by atoms with E-state index in [2.05, 4.69) is 5.32 Å². The van der Waals surface area contributed by atoms with E-state index in [0.717, 1.165) is 6.26 Å². The number of sulfone groups is 1. The van der Waals surface area contributed by atoms with E-state index >= 15 is 0 Å². The van der Waals surface area contributed by atoms with Gasteiger partial charge in [0.1, 0.15) is 9.84 Å². The van der Waals surface area contributed by atoms with Gasteiger partial charge in [-0.3, -0.25) is 9.69 Å². The van der Waals surface area contributed by atoms with Gasteiger partial charge in [-0.2, -0.15) is 0 Å². The van der Waals surface area contributed by atoms with E-state index in [-0.39, 0.29) is 44.1 Å². The number of benzene rings is 1. The first kappa shape index (κ1) is 20.8. The summed E-state index contributed by atoms with van der Waals surface area (Å²) in [6.07, 6.45) is 1.14. The third-order valence-corrected chi connectivity index (χ3v) is 5.73. The molecule has 1 aromatic carbocycles. The molecule has 0 radical (unpaired) electrons. The Morgan fingerprint density at radius 3 is 2.13 bits per heavy atom. The van der Waals surface area contributed by atoms with Crippen molar-refractivity contribution in [2.24, 2.45) is 0 Å². The van der Waals surface area contributed by atoms with Gasteiger partial charge < -0.3 is 5.32 Å². The van der Waals surface area contributed by atoms with Gasteiger partial charge in [-0.1, -0.05) is 46.4 Å². The fraction of sp³-hybridized carbons (Fsp3) is 0.462. The zero-order valence-corrected chi connectivity index (χ0v) is 16.5. The summed E-state index contributed by atoms with van der Waals surface area (Å²) in [6.45, 7) is 1.66. The molecule has 0 bridgehead atoms. The number of nitrogens with one attached hydrogen (secondary N) is 1. The molecule has 1 rings (SSSR count). The molecule has 0 aliphatic rings. The maximum absolute atomic E-state index is 12.1. The van der Waals surface area contributed by atoms with E-state index < -0.39 is 15.7 Å². The number of rotatable bonds is 6. The monoisotopic (exact) mass is 420 g/mol. The highest BCUT2D eigenvalue weighted by Gasteiger charge is 2.20. The van der Waals surface area contributed by atoms with Gasteiger partial charge in [-0.25, -0.2) is 8.42 Å². The molecule has 1 aromatic rings. The topological polar surface area (TPSA) is 66.5 Å². The quantitative estimate of drug-likeness (QED) is 0.712. The highest BCUT2D eigenvalue weighted by Crippen LogP contribution is 2.40. The number of carbonyl (C=O) groups is 1. The first-order chi connectivity index (χ1) is 10.4. The molecule has 0 saturated carbocycles. The summed E-state index contributed by atoms with van der Waals surface area (Å²) >= 11 is 23.8. The molecule has 10 heteroatoms. The van der Waals surface area contributed by atoms with Crippen LogP contribution in [0, 0.1) is 0 Å². The molecule has 0 aliphatic heterocycles. The Morgan fingerprint density at radius 1 is 1.22 bits per heavy atom. The third kappa shape index (κ3) is 6.29. The van der Waals surface area contributed by atoms with E-state index in [9.17, 15) is 13.2 Å². The van der Waals surface area contributed by atoms with Crippen molar-refractivity contribution in [3.63, 3.8) is 0 Å². The van der Waals surface area contributed by atoms with E-state index in [0.29, 0.717) is 0 Å². The maximum Gasteiger partial charge on any atom is 0.238 e. The molecule has 130 valence electrons. The fourth-order valence-electron chi connectivity index (χ4n) is 1.81. The molecule has 0 heterocycles. The second-order valence-corrected chi connectivity index (χ2v) is 9.00. The van der Waals surface area contributed by atoms with Crippen molar-refractivity contribution in [1.82, 2.24) is 4.90 Å². The van der Waals surface area contributed by atoms with Crippen molar-refractivity contribution in [2.45, 2.75) is 13.0 Å². The summed E-state index contributed by atoms with van der Waals surface area (Å²) in [6, 6.07) is 1.05. The smallest absolute Gasteiger partial charge is 0.238 e. The first-order valence-electron chi connectivity index (χ1n) is 6.43. The van der Waals surface area contributed by atoms with Crippen LogP contribution in [-0.4, -0.2) is 50.9 Å². The standard InChI is InChI=1S/C13H16Cl4N2O3S/c1-7(6-23(3,21)22)19(2)5-10(20)18-13-11(16)8(14)4-9(15)12(13)17/h4,7H,5-6H2,1-3H3,(H,18,20). The summed E-state index contributed by atoms with van der Waals surface area (Å²) in [5.74, 6) is -0.476. The van der Waals surface area contributed by atoms with Crippen LogP contribution in [0.1, 0.15) is 6.92 Å². The van der Waals surface area contributed by atoms with Gasteiger partial charge >= 0.3 is 0 Å². The molecular formula is C13H16Cl4N2O3S. The van der Waals surface area contributed by atoms with Crippen molar-refractivity contribution in [1.29, 1.82) is 0 Å². The molecule has 0 spiro atoms. The van der Waals surface area contributed by atoms with E-state index in [1.54, 1.807) is 18.9 Å². The van der Waals surface area contributed by atoms with Crippen LogP contribution in [0.2, 0.25) is 20.1 Å². The minimum Gasteiger partial charge on any atom is -0.322 e. The number of likely N-dealkylation sites (N-methyl/N-ethyl adjacent to an activating group) is 1. The lowest BCUT2D eigenvalue weighted by Gasteiger charge is -2.23. The number of nitrogens with zero attached hydrogens (tertiary/aromatic N) is 1. The molecule has 0 fully saturated rings. The lowest BCUT2D eigenvalue weighted by molar-refractivity contribution is -0.117. The fourth-order valence-corrected chi connectivity index (χ4v) is 3.84. The zero-order valence-electron chi connectivity index (χ0n) is 12.7. The molecule has 1 unspecified atom stereocenters. The summed E-state index contributed by atoms with van der Waals surface area (Å²) in [5.41, 5.74) is 0.125. The summed E-state index contributed by atoms with van der Waals surface area (Å²) in [4.78, 5) is 13.7. The van der Waals surface area contributed by atoms with Crippen LogP contribution in [-0.2, 0) is 14.6 Å². The normalized spacial score (nSPS) is 13.2. The Kier molecular flexibility index (Phi) is 7.44. The van der Waals surface area contributed by atoms with E-state index in [1.165, 1.54) is 6.07 Å². The number of amides is 1. The molecule has 5 nitrogen and oxygen atoms in total. The van der Waals surface area contributed by atoms with Gasteiger partial charge in [-0.15, -0.1) is 0 Å². The van der Waals surface area contributed by atoms with Crippen molar-refractivity contribution in [3.8, 4) is 0 Å². The largest absolute Gasteiger partial charge is 0.322 e. The maximum atomic E-state index is 12.1. The molecular weight excluding hydrogens is 406 g/mol. The van der Waals surface area contributed by atoms with Crippen LogP contribution in [0.5, 0.6) is 0 Å². The lowest BCUT2D eigenvalue weighted by atomic mass is 10.3. The highest BCUT2D eigenvalue weighted by molar-refractivity contribution is 7.90. The lowest BCUT2D eigenvalue weighted by Crippen LogP contribution is -2.40. The first-order valence-corrected chi connectivity index (χ1v) is 10.0. The van der Waals surface area contributed by atoms with E-state index in [1.807, 2.05) is 0 Å². The van der Waals surface area contributed by atoms with Crippen LogP contribution >= 0.6 is 46.4 Å². The molecule has 1 amide bonds. The molecule has 0 aromatic heterocycles. The highest BCUT2D eigenvalue weighted by atomic mass is 35.5. The van der Waals surface area contributed by atoms with Crippen molar-refractivity contribution >= 4 is 67.8 Å². The Morgan fingerprint density at radius 2 is 1.70 bits per heavy atom. The molecule has 0 aliphatic carbocycles. The minimum atomic E-state index is -3.14. The zero-order chi connectivity index (χ0) is 17.9. The number of carbonyl (C=O) groups excluding carboxylic acids is 1. The van der Waals surface area contributed by atoms with Gasteiger partial charge in [0.15, 0.2) is 0 Å². The van der Waals surface area contributed by atoms with Crippen molar-refractivity contribution in [3.05, 3.63) is 26.2 Å². The number of hydrogen-bond acceptors (Lipinski definition) is 4. The predicted molar refractivity (Wildman–Crippen MR) is 96.9 cm³/mol. The Bertz CT molecular complexity index is 683. The SMILES string of the molecule is CC(CS(C)(=O)=O)N(C)CC(=O)Nc1c(Cl)c(Cl)cc(Cl)c1Cl. The average Bonchev–Trinajstić information content (AvgIpc) is 2.39. The predicted octanol–water partition coefficient (Wildman–Crippen LogP) is 3.60. The number of anilines is 1. The molecule has 1 N–H and O–H groups in total. The molecule has 0 saturated heterocycles. The molecule has 1 atom stereocenters. The second-order valence-electron chi connectivity index (χ2n) is 5.25. The Labute approximate surface area is 155 Å². The van der Waals surface area contributed by atoms with Crippen LogP contribution < -0.4 is 5.32 Å². The Hall–Kier alpha value is -0.240. The van der Waals surface area contributed by atoms with Crippen LogP contribution in [0.15, 0.2) is 6.07 Å². The number of halogens is 4. The van der Waals surface area contributed by atoms with Crippen LogP contribution in [0.25, 0.3) is 0 Å². The second kappa shape index (κ2) is 8.23. The van der Waals surface area contributed by atoms with Crippen molar-refractivity contribution < 1.29 is 13.2 Å². The van der Waals surface area contributed by atoms with Gasteiger partial charge in [0.25, 0.3) is 0 Å². The van der Waals surface area contributed by atoms with Crippen molar-refractivity contribution in [2.75, 3.05) is 30.9 Å². The van der Waals surface area contributed by atoms with Gasteiger partial charge in [0, 0.05) is 12.3 Å². The van der Waals surface area contributed by atoms with Gasteiger partial charge in [0.05, 0.1) is 38.1 Å². The third-order valence-electron chi connectivity index (χ3n) is 3.07. The minimum absolute atomic E-state index is 0.0481. The Balaban J connectivity index is 2.82. The van der Waals surface area contributed by atoms with Gasteiger partial charge in [0.2, 0.25) is 5.91 Å². The summed E-state index contributed by atoms with van der Waals surface area (Å²) in [7, 11) is -1.50. The van der Waals surface area contributed by atoms with Crippen LogP contribution in [0.4, 0.5) is 5.69 Å². The number of hydrogen-bond donors (Lipinski definition) is 1. The van der Waals surface area contributed by atoms with Crippen LogP contribution in [0.3, 0.4) is 0 Å². The molecule has 23 heavy (non-hydrogen) atoms. The summed E-state index contributed by atoms with van der Waals surface area (Å²) in [5, 5.41) is 3.04. The average molecular weight is 422 g/mol.